The Labute approximate surface area is 94.2 Å². The van der Waals surface area contributed by atoms with Gasteiger partial charge in [0.15, 0.2) is 16.3 Å². The lowest BCUT2D eigenvalue weighted by Crippen LogP contribution is -1.99. The number of hydrogen-bond donors (Lipinski definition) is 1. The van der Waals surface area contributed by atoms with Gasteiger partial charge in [-0.2, -0.15) is 0 Å². The van der Waals surface area contributed by atoms with E-state index in [2.05, 4.69) is 10.1 Å². The molecule has 0 aromatic carbocycles. The average molecular weight is 246 g/mol. The van der Waals surface area contributed by atoms with Crippen LogP contribution in [0.15, 0.2) is 18.3 Å². The minimum absolute atomic E-state index is 0.125. The van der Waals surface area contributed by atoms with Crippen molar-refractivity contribution < 1.29 is 9.90 Å². The molecular weight excluding hydrogens is 241 g/mol. The van der Waals surface area contributed by atoms with Crippen LogP contribution >= 0.6 is 23.2 Å². The smallest absolute Gasteiger partial charge is 0.337 e. The summed E-state index contributed by atoms with van der Waals surface area (Å²) in [6, 6.07) is 2.98. The highest BCUT2D eigenvalue weighted by molar-refractivity contribution is 6.43. The van der Waals surface area contributed by atoms with Gasteiger partial charge in [0, 0.05) is 6.20 Å². The van der Waals surface area contributed by atoms with Gasteiger partial charge in [-0.25, -0.2) is 14.3 Å². The number of hydrogen-bond acceptors (Lipinski definition) is 3. The monoisotopic (exact) mass is 245 g/mol. The molecule has 0 radical (unpaired) electrons. The minimum Gasteiger partial charge on any atom is -0.478 e. The van der Waals surface area contributed by atoms with Crippen molar-refractivity contribution in [2.45, 2.75) is 4.84 Å². The molecular formula is C8H5Cl2N3O2. The maximum Gasteiger partial charge on any atom is 0.337 e. The van der Waals surface area contributed by atoms with E-state index in [4.69, 9.17) is 28.3 Å². The Kier molecular flexibility index (Phi) is 2.50. The summed E-state index contributed by atoms with van der Waals surface area (Å²) in [6.07, 6.45) is 1.35. The van der Waals surface area contributed by atoms with Crippen LogP contribution in [-0.2, 0) is 0 Å². The number of rotatable bonds is 2. The van der Waals surface area contributed by atoms with E-state index in [1.54, 1.807) is 0 Å². The first-order valence-corrected chi connectivity index (χ1v) is 4.83. The second kappa shape index (κ2) is 3.67. The van der Waals surface area contributed by atoms with Gasteiger partial charge in [-0.05, 0) is 12.1 Å². The number of aromatic carboxylic acids is 1. The van der Waals surface area contributed by atoms with Gasteiger partial charge in [-0.15, -0.1) is 5.10 Å². The molecule has 2 heterocycles. The molecule has 0 saturated heterocycles. The van der Waals surface area contributed by atoms with Gasteiger partial charge in [0.2, 0.25) is 0 Å². The Hall–Kier alpha value is -1.33. The number of carbonyl (C=O) groups is 1. The third-order valence-corrected chi connectivity index (χ3v) is 2.18. The lowest BCUT2D eigenvalue weighted by molar-refractivity contribution is 0.0696. The largest absolute Gasteiger partial charge is 0.478 e. The quantitative estimate of drug-likeness (QED) is 0.821. The number of halogens is 2. The maximum atomic E-state index is 10.7. The third kappa shape index (κ3) is 1.88. The van der Waals surface area contributed by atoms with Crippen LogP contribution < -0.4 is 0 Å². The van der Waals surface area contributed by atoms with Gasteiger partial charge < -0.3 is 5.11 Å². The minimum atomic E-state index is -1.03. The summed E-state index contributed by atoms with van der Waals surface area (Å²) in [4.78, 5) is 13.9. The molecule has 0 spiro atoms. The van der Waals surface area contributed by atoms with Crippen LogP contribution in [0, 0.1) is 0 Å². The summed E-state index contributed by atoms with van der Waals surface area (Å²) in [5.41, 5.74) is 0.626. The van der Waals surface area contributed by atoms with E-state index in [-0.39, 0.29) is 11.4 Å². The number of fused-ring (bicyclic) bond motifs is 1. The highest BCUT2D eigenvalue weighted by Crippen LogP contribution is 2.21. The molecule has 0 aliphatic heterocycles. The average Bonchev–Trinajstić information content (AvgIpc) is 2.59. The predicted molar refractivity (Wildman–Crippen MR) is 54.4 cm³/mol. The van der Waals surface area contributed by atoms with Crippen LogP contribution in [-0.4, -0.2) is 25.7 Å². The molecule has 0 aliphatic rings. The van der Waals surface area contributed by atoms with Crippen LogP contribution in [0.2, 0.25) is 0 Å². The normalized spacial score (nSPS) is 11.1. The van der Waals surface area contributed by atoms with Gasteiger partial charge >= 0.3 is 5.97 Å². The van der Waals surface area contributed by atoms with Crippen LogP contribution in [0.1, 0.15) is 21.0 Å². The zero-order valence-corrected chi connectivity index (χ0v) is 8.77. The maximum absolute atomic E-state index is 10.7. The standard InChI is InChI=1S/C8H5Cl2N3O2/c9-6(10)7-11-5-2-1-4(8(14)15)3-13(5)12-7/h1-3,6H,(H,14,15). The zero-order chi connectivity index (χ0) is 11.0. The van der Waals surface area contributed by atoms with Crippen LogP contribution in [0.3, 0.4) is 0 Å². The van der Waals surface area contributed by atoms with E-state index in [1.165, 1.54) is 22.8 Å². The molecule has 0 fully saturated rings. The molecule has 2 aromatic rings. The Morgan fingerprint density at radius 1 is 1.47 bits per heavy atom. The van der Waals surface area contributed by atoms with Crippen molar-refractivity contribution >= 4 is 34.8 Å². The zero-order valence-electron chi connectivity index (χ0n) is 7.26. The fourth-order valence-electron chi connectivity index (χ4n) is 1.12. The summed E-state index contributed by atoms with van der Waals surface area (Å²) in [5.74, 6) is -0.775. The first-order chi connectivity index (χ1) is 7.08. The molecule has 15 heavy (non-hydrogen) atoms. The Morgan fingerprint density at radius 3 is 2.80 bits per heavy atom. The molecule has 0 amide bonds. The predicted octanol–water partition coefficient (Wildman–Crippen LogP) is 1.90. The fourth-order valence-corrected chi connectivity index (χ4v) is 1.30. The van der Waals surface area contributed by atoms with Crippen molar-refractivity contribution in [3.05, 3.63) is 29.7 Å². The molecule has 2 aromatic heterocycles. The lowest BCUT2D eigenvalue weighted by Gasteiger charge is -1.93. The summed E-state index contributed by atoms with van der Waals surface area (Å²) in [7, 11) is 0. The molecule has 1 N–H and O–H groups in total. The van der Waals surface area contributed by atoms with Crippen LogP contribution in [0.25, 0.3) is 5.65 Å². The molecule has 0 unspecified atom stereocenters. The van der Waals surface area contributed by atoms with Crippen molar-refractivity contribution in [3.8, 4) is 0 Å². The highest BCUT2D eigenvalue weighted by Gasteiger charge is 2.12. The van der Waals surface area contributed by atoms with E-state index < -0.39 is 10.8 Å². The molecule has 78 valence electrons. The van der Waals surface area contributed by atoms with Gasteiger partial charge in [-0.3, -0.25) is 0 Å². The first-order valence-electron chi connectivity index (χ1n) is 3.95. The summed E-state index contributed by atoms with van der Waals surface area (Å²) in [6.45, 7) is 0. The first kappa shape index (κ1) is 10.2. The molecule has 0 atom stereocenters. The Morgan fingerprint density at radius 2 is 2.20 bits per heavy atom. The van der Waals surface area contributed by atoms with Gasteiger partial charge in [0.1, 0.15) is 0 Å². The van der Waals surface area contributed by atoms with E-state index in [1.807, 2.05) is 0 Å². The molecule has 0 bridgehead atoms. The van der Waals surface area contributed by atoms with Gasteiger partial charge in [-0.1, -0.05) is 23.2 Å². The summed E-state index contributed by atoms with van der Waals surface area (Å²) >= 11 is 11.2. The lowest BCUT2D eigenvalue weighted by atomic mass is 10.3. The second-order valence-corrected chi connectivity index (χ2v) is 3.89. The molecule has 0 aliphatic carbocycles. The SMILES string of the molecule is O=C(O)c1ccc2nc(C(Cl)Cl)nn2c1. The molecule has 0 saturated carbocycles. The number of nitrogens with zero attached hydrogens (tertiary/aromatic N) is 3. The number of carboxylic acid groups (broad SMARTS) is 1. The number of pyridine rings is 1. The van der Waals surface area contributed by atoms with Crippen LogP contribution in [0.4, 0.5) is 0 Å². The van der Waals surface area contributed by atoms with E-state index >= 15 is 0 Å². The van der Waals surface area contributed by atoms with Crippen molar-refractivity contribution in [3.63, 3.8) is 0 Å². The molecule has 7 heteroatoms. The van der Waals surface area contributed by atoms with Gasteiger partial charge in [0.05, 0.1) is 5.56 Å². The Bertz CT molecular complexity index is 524. The van der Waals surface area contributed by atoms with E-state index in [0.29, 0.717) is 5.65 Å². The highest BCUT2D eigenvalue weighted by atomic mass is 35.5. The van der Waals surface area contributed by atoms with Crippen molar-refractivity contribution in [1.82, 2.24) is 14.6 Å². The van der Waals surface area contributed by atoms with Crippen molar-refractivity contribution in [2.75, 3.05) is 0 Å². The van der Waals surface area contributed by atoms with Crippen molar-refractivity contribution in [1.29, 1.82) is 0 Å². The third-order valence-electron chi connectivity index (χ3n) is 1.79. The molecule has 5 nitrogen and oxygen atoms in total. The Balaban J connectivity index is 2.57. The number of carboxylic acids is 1. The van der Waals surface area contributed by atoms with Crippen LogP contribution in [0.5, 0.6) is 0 Å². The topological polar surface area (TPSA) is 67.5 Å². The number of alkyl halides is 2. The van der Waals surface area contributed by atoms with Crippen molar-refractivity contribution in [2.24, 2.45) is 0 Å². The number of aromatic nitrogens is 3. The van der Waals surface area contributed by atoms with E-state index in [0.717, 1.165) is 0 Å². The van der Waals surface area contributed by atoms with E-state index in [9.17, 15) is 4.79 Å². The summed E-state index contributed by atoms with van der Waals surface area (Å²) < 4.78 is 1.33. The fraction of sp³-hybridized carbons (Fsp3) is 0.125. The second-order valence-electron chi connectivity index (χ2n) is 2.80. The summed E-state index contributed by atoms with van der Waals surface area (Å²) in [5, 5.41) is 12.7. The molecule has 2 rings (SSSR count). The van der Waals surface area contributed by atoms with Gasteiger partial charge in [0.25, 0.3) is 0 Å².